The summed E-state index contributed by atoms with van der Waals surface area (Å²) in [6.45, 7) is 8.39. The molecular formula is C14H20O3Si. The van der Waals surface area contributed by atoms with Crippen molar-refractivity contribution in [2.45, 2.75) is 26.6 Å². The maximum absolute atomic E-state index is 11.5. The molecule has 0 aliphatic carbocycles. The van der Waals surface area contributed by atoms with E-state index in [1.807, 2.05) is 30.3 Å². The van der Waals surface area contributed by atoms with Gasteiger partial charge in [-0.3, -0.25) is 0 Å². The lowest BCUT2D eigenvalue weighted by Gasteiger charge is -2.21. The molecule has 0 saturated carbocycles. The summed E-state index contributed by atoms with van der Waals surface area (Å²) in [5.41, 5.74) is 0.896. The Balaban J connectivity index is 2.99. The van der Waals surface area contributed by atoms with Crippen molar-refractivity contribution in [2.75, 3.05) is 6.61 Å². The van der Waals surface area contributed by atoms with Crippen LogP contribution in [0.1, 0.15) is 12.5 Å². The van der Waals surface area contributed by atoms with Crippen LogP contribution < -0.4 is 0 Å². The van der Waals surface area contributed by atoms with Gasteiger partial charge >= 0.3 is 5.97 Å². The van der Waals surface area contributed by atoms with E-state index in [1.165, 1.54) is 6.08 Å². The van der Waals surface area contributed by atoms with Gasteiger partial charge in [0.15, 0.2) is 0 Å². The summed E-state index contributed by atoms with van der Waals surface area (Å²) in [5.74, 6) is 0.225. The first-order valence-corrected chi connectivity index (χ1v) is 9.46. The summed E-state index contributed by atoms with van der Waals surface area (Å²) < 4.78 is 10.9. The van der Waals surface area contributed by atoms with Gasteiger partial charge in [-0.25, -0.2) is 4.79 Å². The molecule has 0 atom stereocenters. The monoisotopic (exact) mass is 264 g/mol. The van der Waals surface area contributed by atoms with Crippen LogP contribution in [0.25, 0.3) is 5.76 Å². The van der Waals surface area contributed by atoms with Crippen molar-refractivity contribution < 1.29 is 14.0 Å². The lowest BCUT2D eigenvalue weighted by molar-refractivity contribution is -0.137. The van der Waals surface area contributed by atoms with E-state index in [4.69, 9.17) is 9.16 Å². The molecule has 0 aromatic heterocycles. The van der Waals surface area contributed by atoms with E-state index in [0.717, 1.165) is 5.56 Å². The van der Waals surface area contributed by atoms with Crippen LogP contribution >= 0.6 is 0 Å². The first kappa shape index (κ1) is 14.5. The lowest BCUT2D eigenvalue weighted by Crippen LogP contribution is -2.24. The highest BCUT2D eigenvalue weighted by Crippen LogP contribution is 2.21. The number of carbonyl (C=O) groups is 1. The minimum absolute atomic E-state index is 0.365. The fraction of sp³-hybridized carbons (Fsp3) is 0.357. The highest BCUT2D eigenvalue weighted by atomic mass is 28.4. The predicted molar refractivity (Wildman–Crippen MR) is 75.5 cm³/mol. The van der Waals surface area contributed by atoms with Gasteiger partial charge in [0.05, 0.1) is 12.7 Å². The van der Waals surface area contributed by atoms with Crippen molar-refractivity contribution in [1.29, 1.82) is 0 Å². The van der Waals surface area contributed by atoms with E-state index >= 15 is 0 Å². The Hall–Kier alpha value is -1.55. The topological polar surface area (TPSA) is 35.5 Å². The second-order valence-electron chi connectivity index (χ2n) is 4.84. The Labute approximate surface area is 110 Å². The van der Waals surface area contributed by atoms with Gasteiger partial charge in [0.25, 0.3) is 0 Å². The van der Waals surface area contributed by atoms with Gasteiger partial charge in [-0.05, 0) is 26.6 Å². The molecule has 3 nitrogen and oxygen atoms in total. The highest BCUT2D eigenvalue weighted by Gasteiger charge is 2.19. The molecule has 98 valence electrons. The van der Waals surface area contributed by atoms with Crippen molar-refractivity contribution in [2.24, 2.45) is 0 Å². The zero-order valence-electron chi connectivity index (χ0n) is 11.4. The van der Waals surface area contributed by atoms with E-state index in [2.05, 4.69) is 19.6 Å². The van der Waals surface area contributed by atoms with Crippen molar-refractivity contribution >= 4 is 20.0 Å². The number of esters is 1. The van der Waals surface area contributed by atoms with Gasteiger partial charge < -0.3 is 9.16 Å². The second kappa shape index (κ2) is 6.40. The molecule has 0 spiro atoms. The van der Waals surface area contributed by atoms with Crippen LogP contribution in [0.5, 0.6) is 0 Å². The number of benzene rings is 1. The minimum atomic E-state index is -1.77. The maximum atomic E-state index is 11.5. The van der Waals surface area contributed by atoms with Crippen LogP contribution in [-0.2, 0) is 14.0 Å². The number of rotatable bonds is 5. The average molecular weight is 264 g/mol. The largest absolute Gasteiger partial charge is 0.544 e. The molecule has 0 fully saturated rings. The number of carbonyl (C=O) groups excluding carboxylic acids is 1. The molecule has 0 heterocycles. The van der Waals surface area contributed by atoms with Gasteiger partial charge in [-0.1, -0.05) is 30.3 Å². The Kier molecular flexibility index (Phi) is 5.16. The second-order valence-corrected chi connectivity index (χ2v) is 9.27. The smallest absolute Gasteiger partial charge is 0.334 e. The zero-order chi connectivity index (χ0) is 13.6. The van der Waals surface area contributed by atoms with Gasteiger partial charge in [0.1, 0.15) is 5.76 Å². The van der Waals surface area contributed by atoms with E-state index < -0.39 is 8.32 Å². The molecule has 0 unspecified atom stereocenters. The molecule has 0 amide bonds. The molecule has 0 radical (unpaired) electrons. The van der Waals surface area contributed by atoms with Crippen molar-refractivity contribution in [3.8, 4) is 0 Å². The zero-order valence-corrected chi connectivity index (χ0v) is 12.4. The van der Waals surface area contributed by atoms with Crippen LogP contribution in [-0.4, -0.2) is 20.9 Å². The third-order valence-electron chi connectivity index (χ3n) is 2.01. The fourth-order valence-electron chi connectivity index (χ4n) is 1.39. The fourth-order valence-corrected chi connectivity index (χ4v) is 2.23. The van der Waals surface area contributed by atoms with Gasteiger partial charge in [0, 0.05) is 5.56 Å². The average Bonchev–Trinajstić information content (AvgIpc) is 2.28. The Morgan fingerprint density at radius 3 is 2.33 bits per heavy atom. The maximum Gasteiger partial charge on any atom is 0.334 e. The molecule has 1 rings (SSSR count). The summed E-state index contributed by atoms with van der Waals surface area (Å²) in [6.07, 6.45) is 1.43. The van der Waals surface area contributed by atoms with Crippen LogP contribution in [0.4, 0.5) is 0 Å². The molecular weight excluding hydrogens is 244 g/mol. The molecule has 0 aliphatic rings. The molecule has 0 bridgehead atoms. The summed E-state index contributed by atoms with van der Waals surface area (Å²) in [6, 6.07) is 9.61. The SMILES string of the molecule is CCOC(=O)C=C(O[Si](C)(C)C)c1ccccc1. The van der Waals surface area contributed by atoms with Crippen molar-refractivity contribution in [3.63, 3.8) is 0 Å². The Bertz CT molecular complexity index is 418. The van der Waals surface area contributed by atoms with Crippen LogP contribution in [0.2, 0.25) is 19.6 Å². The summed E-state index contributed by atoms with van der Waals surface area (Å²) in [5, 5.41) is 0. The molecule has 18 heavy (non-hydrogen) atoms. The molecule has 1 aromatic carbocycles. The van der Waals surface area contributed by atoms with E-state index in [0.29, 0.717) is 12.4 Å². The number of hydrogen-bond acceptors (Lipinski definition) is 3. The molecule has 0 N–H and O–H groups in total. The lowest BCUT2D eigenvalue weighted by atomic mass is 10.2. The van der Waals surface area contributed by atoms with Crippen molar-refractivity contribution in [3.05, 3.63) is 42.0 Å². The highest BCUT2D eigenvalue weighted by molar-refractivity contribution is 6.70. The predicted octanol–water partition coefficient (Wildman–Crippen LogP) is 3.44. The van der Waals surface area contributed by atoms with Gasteiger partial charge in [-0.15, -0.1) is 0 Å². The normalized spacial score (nSPS) is 12.1. The first-order chi connectivity index (χ1) is 8.42. The van der Waals surface area contributed by atoms with E-state index in [-0.39, 0.29) is 5.97 Å². The molecule has 0 saturated heterocycles. The number of ether oxygens (including phenoxy) is 1. The first-order valence-electron chi connectivity index (χ1n) is 6.05. The van der Waals surface area contributed by atoms with Crippen LogP contribution in [0.15, 0.2) is 36.4 Å². The quantitative estimate of drug-likeness (QED) is 0.354. The minimum Gasteiger partial charge on any atom is -0.544 e. The van der Waals surface area contributed by atoms with E-state index in [1.54, 1.807) is 6.92 Å². The summed E-state index contributed by atoms with van der Waals surface area (Å²) in [7, 11) is -1.77. The van der Waals surface area contributed by atoms with Gasteiger partial charge in [0.2, 0.25) is 8.32 Å². The standard InChI is InChI=1S/C14H20O3Si/c1-5-16-14(15)11-13(17-18(2,3)4)12-9-7-6-8-10-12/h6-11H,5H2,1-4H3. The van der Waals surface area contributed by atoms with E-state index in [9.17, 15) is 4.79 Å². The molecule has 1 aromatic rings. The van der Waals surface area contributed by atoms with Gasteiger partial charge in [-0.2, -0.15) is 0 Å². The molecule has 4 heteroatoms. The Morgan fingerprint density at radius 2 is 1.83 bits per heavy atom. The summed E-state index contributed by atoms with van der Waals surface area (Å²) in [4.78, 5) is 11.5. The van der Waals surface area contributed by atoms with Crippen LogP contribution in [0.3, 0.4) is 0 Å². The molecule has 0 aliphatic heterocycles. The van der Waals surface area contributed by atoms with Crippen LogP contribution in [0, 0.1) is 0 Å². The third kappa shape index (κ3) is 5.18. The Morgan fingerprint density at radius 1 is 1.22 bits per heavy atom. The summed E-state index contributed by atoms with van der Waals surface area (Å²) >= 11 is 0. The van der Waals surface area contributed by atoms with Crippen molar-refractivity contribution in [1.82, 2.24) is 0 Å². The third-order valence-corrected chi connectivity index (χ3v) is 2.84. The number of hydrogen-bond donors (Lipinski definition) is 0.